The van der Waals surface area contributed by atoms with E-state index in [9.17, 15) is 13.2 Å². The summed E-state index contributed by atoms with van der Waals surface area (Å²) >= 11 is 0.800. The van der Waals surface area contributed by atoms with Gasteiger partial charge < -0.3 is 4.98 Å². The lowest BCUT2D eigenvalue weighted by Gasteiger charge is -2.39. The zero-order chi connectivity index (χ0) is 15.6. The van der Waals surface area contributed by atoms with E-state index in [-0.39, 0.29) is 26.0 Å². The Bertz CT molecular complexity index is 732. The van der Waals surface area contributed by atoms with Crippen LogP contribution in [0, 0.1) is 17.8 Å². The Labute approximate surface area is 129 Å². The number of H-pyrrole nitrogens is 1. The molecule has 3 rings (SSSR count). The lowest BCUT2D eigenvalue weighted by molar-refractivity contribution is 0.133. The predicted octanol–water partition coefficient (Wildman–Crippen LogP) is 2.33. The smallest absolute Gasteiger partial charge is 0.305 e. The van der Waals surface area contributed by atoms with Crippen molar-refractivity contribution in [2.75, 3.05) is 6.54 Å². The molecule has 1 aliphatic carbocycles. The second-order valence-corrected chi connectivity index (χ2v) is 10.8. The van der Waals surface area contributed by atoms with Crippen LogP contribution in [0.1, 0.15) is 45.7 Å². The number of aryl methyl sites for hydroxylation is 1. The van der Waals surface area contributed by atoms with Gasteiger partial charge in [-0.15, -0.1) is 0 Å². The second kappa shape index (κ2) is 4.43. The molecule has 0 radical (unpaired) electrons. The van der Waals surface area contributed by atoms with E-state index in [2.05, 4.69) is 25.8 Å². The third-order valence-electron chi connectivity index (χ3n) is 4.69. The molecule has 2 bridgehead atoms. The van der Waals surface area contributed by atoms with Crippen molar-refractivity contribution < 1.29 is 8.42 Å². The van der Waals surface area contributed by atoms with E-state index in [1.165, 1.54) is 0 Å². The molecule has 1 saturated heterocycles. The van der Waals surface area contributed by atoms with Crippen LogP contribution in [0.5, 0.6) is 0 Å². The number of aromatic nitrogens is 1. The zero-order valence-electron chi connectivity index (χ0n) is 12.9. The molecule has 1 aliphatic heterocycles. The largest absolute Gasteiger partial charge is 0.315 e. The number of sulfonamides is 1. The molecule has 2 heterocycles. The first-order valence-electron chi connectivity index (χ1n) is 7.24. The molecule has 2 fully saturated rings. The highest BCUT2D eigenvalue weighted by Crippen LogP contribution is 2.53. The predicted molar refractivity (Wildman–Crippen MR) is 83.1 cm³/mol. The minimum atomic E-state index is -3.57. The van der Waals surface area contributed by atoms with Gasteiger partial charge in [0.25, 0.3) is 10.0 Å². The maximum absolute atomic E-state index is 12.9. The van der Waals surface area contributed by atoms with Crippen molar-refractivity contribution in [2.24, 2.45) is 10.8 Å². The fourth-order valence-electron chi connectivity index (χ4n) is 4.43. The topological polar surface area (TPSA) is 70.2 Å². The van der Waals surface area contributed by atoms with Crippen molar-refractivity contribution in [2.45, 2.75) is 57.2 Å². The Hall–Kier alpha value is -0.660. The summed E-state index contributed by atoms with van der Waals surface area (Å²) in [5.74, 6) is 0. The van der Waals surface area contributed by atoms with Crippen molar-refractivity contribution in [1.82, 2.24) is 9.29 Å². The first-order chi connectivity index (χ1) is 9.52. The summed E-state index contributed by atoms with van der Waals surface area (Å²) in [6, 6.07) is 0.0559. The lowest BCUT2D eigenvalue weighted by atomic mass is 9.65. The Morgan fingerprint density at radius 1 is 1.29 bits per heavy atom. The van der Waals surface area contributed by atoms with E-state index in [0.717, 1.165) is 30.6 Å². The van der Waals surface area contributed by atoms with Gasteiger partial charge in [0.2, 0.25) is 0 Å². The monoisotopic (exact) mass is 330 g/mol. The van der Waals surface area contributed by atoms with E-state index in [1.807, 2.05) is 0 Å². The highest BCUT2D eigenvalue weighted by Gasteiger charge is 2.53. The maximum atomic E-state index is 12.9. The van der Waals surface area contributed by atoms with Gasteiger partial charge in [0.15, 0.2) is 4.21 Å². The highest BCUT2D eigenvalue weighted by molar-refractivity contribution is 7.91. The van der Waals surface area contributed by atoms with Gasteiger partial charge in [0, 0.05) is 18.3 Å². The van der Waals surface area contributed by atoms with Gasteiger partial charge in [-0.1, -0.05) is 32.1 Å². The number of nitrogens with one attached hydrogen (secondary N) is 1. The molecule has 2 atom stereocenters. The highest BCUT2D eigenvalue weighted by atomic mass is 32.2. The standard InChI is InChI=1S/C14H22N2O3S2/c1-9-11(20-12(17)15-9)21(18,19)16-8-14(4)6-10(16)5-13(2,3)7-14/h10H,5-8H2,1-4H3,(H,15,17). The van der Waals surface area contributed by atoms with Crippen LogP contribution in [0.25, 0.3) is 0 Å². The number of fused-ring (bicyclic) bond motifs is 2. The quantitative estimate of drug-likeness (QED) is 0.905. The minimum absolute atomic E-state index is 0.0503. The van der Waals surface area contributed by atoms with Crippen molar-refractivity contribution in [3.8, 4) is 0 Å². The van der Waals surface area contributed by atoms with Gasteiger partial charge in [-0.25, -0.2) is 8.42 Å². The molecular weight excluding hydrogens is 308 g/mol. The van der Waals surface area contributed by atoms with Crippen LogP contribution in [-0.2, 0) is 10.0 Å². The normalized spacial score (nSPS) is 32.5. The van der Waals surface area contributed by atoms with Gasteiger partial charge in [0.05, 0.1) is 0 Å². The number of aromatic amines is 1. The second-order valence-electron chi connectivity index (χ2n) is 7.69. The van der Waals surface area contributed by atoms with E-state index < -0.39 is 10.0 Å². The van der Waals surface area contributed by atoms with Gasteiger partial charge >= 0.3 is 4.87 Å². The molecule has 7 heteroatoms. The molecular formula is C14H22N2O3S2. The van der Waals surface area contributed by atoms with Crippen LogP contribution >= 0.6 is 11.3 Å². The number of hydrogen-bond donors (Lipinski definition) is 1. The first-order valence-corrected chi connectivity index (χ1v) is 9.50. The van der Waals surface area contributed by atoms with Crippen molar-refractivity contribution in [3.63, 3.8) is 0 Å². The minimum Gasteiger partial charge on any atom is -0.315 e. The molecule has 0 spiro atoms. The molecule has 118 valence electrons. The Kier molecular flexibility index (Phi) is 3.21. The van der Waals surface area contributed by atoms with Gasteiger partial charge in [-0.2, -0.15) is 4.31 Å². The molecule has 21 heavy (non-hydrogen) atoms. The number of nitrogens with zero attached hydrogens (tertiary/aromatic N) is 1. The molecule has 0 amide bonds. The molecule has 1 aromatic rings. The number of rotatable bonds is 2. The number of hydrogen-bond acceptors (Lipinski definition) is 4. The van der Waals surface area contributed by atoms with Crippen LogP contribution in [0.2, 0.25) is 0 Å². The summed E-state index contributed by atoms with van der Waals surface area (Å²) in [6.45, 7) is 8.83. The Balaban J connectivity index is 2.02. The molecule has 1 N–H and O–H groups in total. The van der Waals surface area contributed by atoms with Crippen molar-refractivity contribution >= 4 is 21.4 Å². The summed E-state index contributed by atoms with van der Waals surface area (Å²) in [5, 5.41) is 0. The van der Waals surface area contributed by atoms with Crippen molar-refractivity contribution in [3.05, 3.63) is 15.4 Å². The van der Waals surface area contributed by atoms with E-state index in [1.54, 1.807) is 11.2 Å². The fourth-order valence-corrected chi connectivity index (χ4v) is 7.62. The number of thiazole rings is 1. The SMILES string of the molecule is Cc1[nH]c(=O)sc1S(=O)(=O)N1CC2(C)CC1CC(C)(C)C2. The molecule has 0 aromatic carbocycles. The molecule has 1 aromatic heterocycles. The van der Waals surface area contributed by atoms with Crippen LogP contribution in [-0.4, -0.2) is 30.3 Å². The first kappa shape index (κ1) is 15.2. The van der Waals surface area contributed by atoms with Crippen LogP contribution in [0.15, 0.2) is 9.00 Å². The van der Waals surface area contributed by atoms with E-state index >= 15 is 0 Å². The fraction of sp³-hybridized carbons (Fsp3) is 0.786. The summed E-state index contributed by atoms with van der Waals surface area (Å²) in [7, 11) is -3.57. The maximum Gasteiger partial charge on any atom is 0.305 e. The van der Waals surface area contributed by atoms with Crippen LogP contribution in [0.3, 0.4) is 0 Å². The van der Waals surface area contributed by atoms with E-state index in [4.69, 9.17) is 0 Å². The zero-order valence-corrected chi connectivity index (χ0v) is 14.5. The molecule has 2 unspecified atom stereocenters. The average molecular weight is 330 g/mol. The van der Waals surface area contributed by atoms with Gasteiger partial charge in [-0.3, -0.25) is 4.79 Å². The van der Waals surface area contributed by atoms with Crippen LogP contribution in [0.4, 0.5) is 0 Å². The van der Waals surface area contributed by atoms with Crippen molar-refractivity contribution in [1.29, 1.82) is 0 Å². The molecule has 2 aliphatic rings. The third-order valence-corrected chi connectivity index (χ3v) is 8.17. The van der Waals surface area contributed by atoms with E-state index in [0.29, 0.717) is 12.2 Å². The molecule has 1 saturated carbocycles. The third kappa shape index (κ3) is 2.49. The van der Waals surface area contributed by atoms with Crippen LogP contribution < -0.4 is 4.87 Å². The Morgan fingerprint density at radius 3 is 2.52 bits per heavy atom. The average Bonchev–Trinajstić information content (AvgIpc) is 2.75. The summed E-state index contributed by atoms with van der Waals surface area (Å²) in [5.41, 5.74) is 0.674. The summed E-state index contributed by atoms with van der Waals surface area (Å²) < 4.78 is 27.7. The van der Waals surface area contributed by atoms with Gasteiger partial charge in [0.1, 0.15) is 0 Å². The van der Waals surface area contributed by atoms with Gasteiger partial charge in [-0.05, 0) is 37.0 Å². The summed E-state index contributed by atoms with van der Waals surface area (Å²) in [4.78, 5) is 13.7. The Morgan fingerprint density at radius 2 is 1.95 bits per heavy atom. The summed E-state index contributed by atoms with van der Waals surface area (Å²) in [6.07, 6.45) is 2.86. The lowest BCUT2D eigenvalue weighted by Crippen LogP contribution is -2.37. The molecule has 5 nitrogen and oxygen atoms in total.